The summed E-state index contributed by atoms with van der Waals surface area (Å²) >= 11 is 0. The second-order valence-corrected chi connectivity index (χ2v) is 6.82. The molecular weight excluding hydrogens is 333 g/mol. The van der Waals surface area contributed by atoms with E-state index < -0.39 is 32.0 Å². The maximum Gasteiger partial charge on any atom is 0.350 e. The first-order valence-corrected chi connectivity index (χ1v) is 8.52. The van der Waals surface area contributed by atoms with Gasteiger partial charge in [0.2, 0.25) is 0 Å². The molecule has 0 aliphatic carbocycles. The minimum atomic E-state index is -4.52. The summed E-state index contributed by atoms with van der Waals surface area (Å²) in [6.07, 6.45) is -0.275. The largest absolute Gasteiger partial charge is 0.360 e. The number of alkyl halides is 2. The van der Waals surface area contributed by atoms with Gasteiger partial charge in [0.1, 0.15) is 30.3 Å². The quantitative estimate of drug-likeness (QED) is 0.765. The van der Waals surface area contributed by atoms with Crippen molar-refractivity contribution < 1.29 is 27.9 Å². The van der Waals surface area contributed by atoms with E-state index in [-0.39, 0.29) is 5.65 Å². The van der Waals surface area contributed by atoms with Crippen molar-refractivity contribution in [2.45, 2.75) is 38.8 Å². The highest BCUT2D eigenvalue weighted by molar-refractivity contribution is 7.51. The zero-order chi connectivity index (χ0) is 17.4. The monoisotopic (exact) mass is 350 g/mol. The van der Waals surface area contributed by atoms with Gasteiger partial charge in [-0.2, -0.15) is 0 Å². The van der Waals surface area contributed by atoms with Crippen LogP contribution in [0, 0.1) is 6.92 Å². The van der Waals surface area contributed by atoms with Gasteiger partial charge >= 0.3 is 7.60 Å². The zero-order valence-corrected chi connectivity index (χ0v) is 13.6. The van der Waals surface area contributed by atoms with Crippen LogP contribution in [0.1, 0.15) is 25.6 Å². The van der Waals surface area contributed by atoms with Gasteiger partial charge in [-0.25, -0.2) is 23.7 Å². The van der Waals surface area contributed by atoms with Crippen LogP contribution in [0.25, 0.3) is 11.2 Å². The fraction of sp³-hybridized carbons (Fsp3) is 0.583. The Bertz CT molecular complexity index is 748. The average molecular weight is 350 g/mol. The lowest BCUT2D eigenvalue weighted by Crippen LogP contribution is -2.40. The van der Waals surface area contributed by atoms with E-state index in [1.165, 1.54) is 24.1 Å². The number of rotatable bonds is 6. The molecule has 2 aromatic rings. The number of ether oxygens (including phenoxy) is 1. The molecule has 0 aliphatic rings. The second-order valence-electron chi connectivity index (χ2n) is 5.24. The van der Waals surface area contributed by atoms with Crippen molar-refractivity contribution in [1.29, 1.82) is 0 Å². The first-order chi connectivity index (χ1) is 10.5. The summed E-state index contributed by atoms with van der Waals surface area (Å²) in [5, 5.41) is 0. The van der Waals surface area contributed by atoms with E-state index in [2.05, 4.69) is 19.7 Å². The zero-order valence-electron chi connectivity index (χ0n) is 12.7. The number of aryl methyl sites for hydroxylation is 1. The molecule has 0 unspecified atom stereocenters. The molecule has 128 valence electrons. The van der Waals surface area contributed by atoms with Crippen LogP contribution in [0.3, 0.4) is 0 Å². The minimum absolute atomic E-state index is 0.256. The van der Waals surface area contributed by atoms with Gasteiger partial charge in [0, 0.05) is 0 Å². The van der Waals surface area contributed by atoms with Crippen molar-refractivity contribution in [2.24, 2.45) is 0 Å². The number of imidazole rings is 1. The standard InChI is InChI=1S/C12H17F2N4O4P/c1-7-10-11(16-4-15-7)18(5-17-10)8(2)12(13,14)9(3)22-6-23(19,20)21/h4-5,8-9H,6H2,1-3H3,(H2,19,20,21)/t8-,9+/m0/s1. The predicted molar refractivity (Wildman–Crippen MR) is 77.2 cm³/mol. The van der Waals surface area contributed by atoms with Gasteiger partial charge in [0.05, 0.1) is 12.0 Å². The highest BCUT2D eigenvalue weighted by Gasteiger charge is 2.45. The molecule has 11 heteroatoms. The van der Waals surface area contributed by atoms with E-state index >= 15 is 0 Å². The molecule has 0 saturated heterocycles. The normalized spacial score (nSPS) is 15.8. The lowest BCUT2D eigenvalue weighted by atomic mass is 10.1. The summed E-state index contributed by atoms with van der Waals surface area (Å²) in [6, 6.07) is -1.38. The van der Waals surface area contributed by atoms with Gasteiger partial charge in [-0.3, -0.25) is 4.57 Å². The van der Waals surface area contributed by atoms with Crippen molar-refractivity contribution in [3.8, 4) is 0 Å². The number of hydrogen-bond acceptors (Lipinski definition) is 5. The summed E-state index contributed by atoms with van der Waals surface area (Å²) < 4.78 is 45.6. The summed E-state index contributed by atoms with van der Waals surface area (Å²) in [6.45, 7) is 4.01. The van der Waals surface area contributed by atoms with Crippen LogP contribution in [0.2, 0.25) is 0 Å². The molecule has 0 amide bonds. The Morgan fingerprint density at radius 3 is 2.61 bits per heavy atom. The van der Waals surface area contributed by atoms with Crippen LogP contribution in [-0.2, 0) is 9.30 Å². The van der Waals surface area contributed by atoms with Crippen LogP contribution in [0.5, 0.6) is 0 Å². The molecular formula is C12H17F2N4O4P. The van der Waals surface area contributed by atoms with Crippen molar-refractivity contribution in [3.05, 3.63) is 18.3 Å². The second kappa shape index (κ2) is 6.20. The van der Waals surface area contributed by atoms with E-state index in [0.717, 1.165) is 6.92 Å². The number of aromatic nitrogens is 4. The van der Waals surface area contributed by atoms with Crippen LogP contribution < -0.4 is 0 Å². The average Bonchev–Trinajstić information content (AvgIpc) is 2.88. The van der Waals surface area contributed by atoms with Gasteiger partial charge < -0.3 is 19.1 Å². The summed E-state index contributed by atoms with van der Waals surface area (Å²) in [5.74, 6) is -3.40. The topological polar surface area (TPSA) is 110 Å². The molecule has 0 aliphatic heterocycles. The third-order valence-corrected chi connectivity index (χ3v) is 4.04. The third kappa shape index (κ3) is 3.72. The molecule has 0 saturated carbocycles. The van der Waals surface area contributed by atoms with Crippen LogP contribution in [0.15, 0.2) is 12.7 Å². The fourth-order valence-electron chi connectivity index (χ4n) is 2.10. The molecule has 2 heterocycles. The predicted octanol–water partition coefficient (Wildman–Crippen LogP) is 1.87. The molecule has 2 rings (SSSR count). The Kier molecular flexibility index (Phi) is 4.81. The third-order valence-electron chi connectivity index (χ3n) is 3.55. The van der Waals surface area contributed by atoms with Crippen molar-refractivity contribution in [2.75, 3.05) is 6.35 Å². The molecule has 8 nitrogen and oxygen atoms in total. The highest BCUT2D eigenvalue weighted by atomic mass is 31.2. The Morgan fingerprint density at radius 2 is 2.00 bits per heavy atom. The molecule has 0 radical (unpaired) electrons. The lowest BCUT2D eigenvalue weighted by molar-refractivity contribution is -0.147. The van der Waals surface area contributed by atoms with E-state index in [4.69, 9.17) is 9.79 Å². The molecule has 23 heavy (non-hydrogen) atoms. The lowest BCUT2D eigenvalue weighted by Gasteiger charge is -2.30. The van der Waals surface area contributed by atoms with E-state index in [0.29, 0.717) is 11.2 Å². The first kappa shape index (κ1) is 17.9. The Hall–Kier alpha value is -1.48. The van der Waals surface area contributed by atoms with Gasteiger partial charge in [0.15, 0.2) is 5.65 Å². The minimum Gasteiger partial charge on any atom is -0.360 e. The smallest absolute Gasteiger partial charge is 0.350 e. The molecule has 0 bridgehead atoms. The molecule has 0 fully saturated rings. The maximum absolute atomic E-state index is 14.5. The van der Waals surface area contributed by atoms with Crippen LogP contribution >= 0.6 is 7.60 Å². The molecule has 0 spiro atoms. The number of fused-ring (bicyclic) bond motifs is 1. The summed E-state index contributed by atoms with van der Waals surface area (Å²) in [5.41, 5.74) is 1.24. The van der Waals surface area contributed by atoms with Crippen molar-refractivity contribution in [3.63, 3.8) is 0 Å². The SMILES string of the molecule is Cc1ncnc2c1ncn2[C@@H](C)C(F)(F)[C@@H](C)OCP(=O)(O)O. The van der Waals surface area contributed by atoms with Gasteiger partial charge in [-0.15, -0.1) is 0 Å². The maximum atomic E-state index is 14.5. The van der Waals surface area contributed by atoms with Crippen LogP contribution in [0.4, 0.5) is 8.78 Å². The van der Waals surface area contributed by atoms with Gasteiger partial charge in [0.25, 0.3) is 5.92 Å². The van der Waals surface area contributed by atoms with Crippen molar-refractivity contribution >= 4 is 18.8 Å². The Morgan fingerprint density at radius 1 is 1.35 bits per heavy atom. The first-order valence-electron chi connectivity index (χ1n) is 6.72. The fourth-order valence-corrected chi connectivity index (χ4v) is 2.52. The molecule has 2 N–H and O–H groups in total. The number of nitrogens with zero attached hydrogens (tertiary/aromatic N) is 4. The van der Waals surface area contributed by atoms with Gasteiger partial charge in [-0.1, -0.05) is 0 Å². The Labute approximate surface area is 130 Å². The molecule has 2 atom stereocenters. The summed E-state index contributed by atoms with van der Waals surface area (Å²) in [7, 11) is -4.52. The van der Waals surface area contributed by atoms with E-state index in [9.17, 15) is 13.3 Å². The Balaban J connectivity index is 2.27. The molecule has 2 aromatic heterocycles. The van der Waals surface area contributed by atoms with Gasteiger partial charge in [-0.05, 0) is 20.8 Å². The highest BCUT2D eigenvalue weighted by Crippen LogP contribution is 2.39. The van der Waals surface area contributed by atoms with Crippen molar-refractivity contribution in [1.82, 2.24) is 19.5 Å². The van der Waals surface area contributed by atoms with E-state index in [1.807, 2.05) is 0 Å². The van der Waals surface area contributed by atoms with E-state index in [1.54, 1.807) is 6.92 Å². The number of hydrogen-bond donors (Lipinski definition) is 2. The van der Waals surface area contributed by atoms with Crippen LogP contribution in [-0.4, -0.2) is 47.7 Å². The molecule has 0 aromatic carbocycles. The summed E-state index contributed by atoms with van der Waals surface area (Å²) in [4.78, 5) is 29.4. The number of halogens is 2.